The molecule has 18 nitrogen and oxygen atoms in total. The zero-order valence-corrected chi connectivity index (χ0v) is 39.6. The number of Topliss-reactive ketones (excluding diaryl/α,β-unsaturated/α-hetero) is 1. The largest absolute Gasteiger partial charge is 0.368 e. The maximum absolute atomic E-state index is 13.9. The Labute approximate surface area is 396 Å². The molecule has 356 valence electrons. The Bertz CT molecular complexity index is 2740. The van der Waals surface area contributed by atoms with E-state index in [2.05, 4.69) is 51.9 Å². The van der Waals surface area contributed by atoms with Gasteiger partial charge in [-0.1, -0.05) is 12.8 Å². The van der Waals surface area contributed by atoms with Gasteiger partial charge < -0.3 is 30.7 Å². The topological polar surface area (TPSA) is 200 Å². The Morgan fingerprint density at radius 3 is 2.21 bits per heavy atom. The summed E-state index contributed by atoms with van der Waals surface area (Å²) in [5.41, 5.74) is 3.63. The number of ketones is 1. The molecule has 0 aromatic carbocycles. The van der Waals surface area contributed by atoms with Gasteiger partial charge in [0, 0.05) is 101 Å². The first-order valence-electron chi connectivity index (χ1n) is 24.5. The van der Waals surface area contributed by atoms with Gasteiger partial charge in [0.15, 0.2) is 17.4 Å². The molecule has 0 bridgehead atoms. The van der Waals surface area contributed by atoms with E-state index in [1.54, 1.807) is 23.8 Å². The number of pyridine rings is 3. The van der Waals surface area contributed by atoms with Crippen LogP contribution in [0.15, 0.2) is 53.6 Å². The number of aryl methyl sites for hydroxylation is 1. The lowest BCUT2D eigenvalue weighted by Crippen LogP contribution is -2.51. The highest BCUT2D eigenvalue weighted by Crippen LogP contribution is 2.40. The number of carbonyl (C=O) groups is 3. The Hall–Kier alpha value is -6.56. The lowest BCUT2D eigenvalue weighted by molar-refractivity contribution is -0.135. The van der Waals surface area contributed by atoms with Gasteiger partial charge in [-0.3, -0.25) is 28.6 Å². The van der Waals surface area contributed by atoms with Gasteiger partial charge in [-0.15, -0.1) is 10.2 Å². The van der Waals surface area contributed by atoms with Crippen LogP contribution in [0, 0.1) is 12.8 Å². The zero-order valence-electron chi connectivity index (χ0n) is 39.6. The van der Waals surface area contributed by atoms with Crippen LogP contribution >= 0.6 is 0 Å². The van der Waals surface area contributed by atoms with Gasteiger partial charge in [0.2, 0.25) is 11.9 Å². The molecular formula is C50H62N14O4. The van der Waals surface area contributed by atoms with Crippen LogP contribution in [0.4, 0.5) is 34.9 Å². The van der Waals surface area contributed by atoms with Gasteiger partial charge >= 0.3 is 0 Å². The van der Waals surface area contributed by atoms with Crippen molar-refractivity contribution in [1.82, 2.24) is 44.5 Å². The summed E-state index contributed by atoms with van der Waals surface area (Å²) in [5, 5.41) is 18.8. The maximum atomic E-state index is 13.9. The molecular weight excluding hydrogens is 861 g/mol. The molecule has 1 unspecified atom stereocenters. The van der Waals surface area contributed by atoms with E-state index in [0.29, 0.717) is 63.3 Å². The summed E-state index contributed by atoms with van der Waals surface area (Å²) in [7, 11) is 3.78. The van der Waals surface area contributed by atoms with Crippen molar-refractivity contribution in [2.75, 3.05) is 79.1 Å². The summed E-state index contributed by atoms with van der Waals surface area (Å²) < 4.78 is 1.72. The van der Waals surface area contributed by atoms with Crippen molar-refractivity contribution in [3.8, 4) is 0 Å². The van der Waals surface area contributed by atoms with E-state index >= 15 is 0 Å². The smallest absolute Gasteiger partial charge is 0.263 e. The van der Waals surface area contributed by atoms with Crippen LogP contribution in [-0.4, -0.2) is 128 Å². The predicted molar refractivity (Wildman–Crippen MR) is 262 cm³/mol. The fourth-order valence-corrected chi connectivity index (χ4v) is 10.8. The van der Waals surface area contributed by atoms with Crippen LogP contribution < -0.4 is 31.3 Å². The molecule has 2 amide bonds. The summed E-state index contributed by atoms with van der Waals surface area (Å²) in [6.45, 7) is 8.35. The molecule has 1 atom stereocenters. The highest BCUT2D eigenvalue weighted by Gasteiger charge is 2.37. The van der Waals surface area contributed by atoms with Gasteiger partial charge in [-0.25, -0.2) is 15.0 Å². The first kappa shape index (κ1) is 45.2. The van der Waals surface area contributed by atoms with Crippen molar-refractivity contribution < 1.29 is 14.4 Å². The predicted octanol–water partition coefficient (Wildman–Crippen LogP) is 6.33. The number of likely N-dealkylation sites (tertiary alicyclic amines) is 1. The van der Waals surface area contributed by atoms with E-state index in [4.69, 9.17) is 15.0 Å². The number of carbonyl (C=O) groups excluding carboxylic acids is 3. The van der Waals surface area contributed by atoms with Crippen molar-refractivity contribution in [1.29, 1.82) is 0 Å². The third-order valence-electron chi connectivity index (χ3n) is 14.8. The molecule has 2 saturated heterocycles. The molecule has 3 saturated carbocycles. The van der Waals surface area contributed by atoms with Crippen molar-refractivity contribution in [2.45, 2.75) is 109 Å². The van der Waals surface area contributed by atoms with E-state index in [1.165, 1.54) is 6.92 Å². The van der Waals surface area contributed by atoms with Crippen LogP contribution in [-0.2, 0) is 4.79 Å². The highest BCUT2D eigenvalue weighted by molar-refractivity contribution is 6.07. The maximum Gasteiger partial charge on any atom is 0.263 e. The number of aromatic nitrogens is 7. The van der Waals surface area contributed by atoms with Crippen LogP contribution in [0.25, 0.3) is 11.0 Å². The summed E-state index contributed by atoms with van der Waals surface area (Å²) in [4.78, 5) is 81.5. The second-order valence-corrected chi connectivity index (χ2v) is 19.6. The Morgan fingerprint density at radius 1 is 0.765 bits per heavy atom. The van der Waals surface area contributed by atoms with Crippen LogP contribution in [0.2, 0.25) is 0 Å². The second kappa shape index (κ2) is 19.2. The Balaban J connectivity index is 0.701. The van der Waals surface area contributed by atoms with Crippen molar-refractivity contribution in [3.05, 3.63) is 81.5 Å². The average molecular weight is 923 g/mol. The van der Waals surface area contributed by atoms with Gasteiger partial charge in [0.05, 0.1) is 23.0 Å². The number of nitrogens with one attached hydrogen (secondary N) is 3. The molecule has 10 rings (SSSR count). The molecule has 5 aliphatic rings. The van der Waals surface area contributed by atoms with Crippen LogP contribution in [0.5, 0.6) is 0 Å². The minimum atomic E-state index is -0.284. The first-order chi connectivity index (χ1) is 33.0. The molecule has 3 aliphatic carbocycles. The molecule has 3 N–H and O–H groups in total. The summed E-state index contributed by atoms with van der Waals surface area (Å²) in [5.74, 6) is 2.81. The summed E-state index contributed by atoms with van der Waals surface area (Å²) in [6.07, 6.45) is 13.9. The number of amides is 2. The van der Waals surface area contributed by atoms with Gasteiger partial charge in [0.25, 0.3) is 11.5 Å². The van der Waals surface area contributed by atoms with E-state index in [1.807, 2.05) is 49.5 Å². The quantitative estimate of drug-likeness (QED) is 0.111. The monoisotopic (exact) mass is 923 g/mol. The second-order valence-electron chi connectivity index (χ2n) is 19.6. The van der Waals surface area contributed by atoms with Gasteiger partial charge in [0.1, 0.15) is 17.3 Å². The summed E-state index contributed by atoms with van der Waals surface area (Å²) in [6, 6.07) is 11.8. The van der Waals surface area contributed by atoms with Crippen molar-refractivity contribution in [2.24, 2.45) is 5.92 Å². The number of anilines is 6. The third kappa shape index (κ3) is 9.47. The molecule has 0 radical (unpaired) electrons. The van der Waals surface area contributed by atoms with E-state index in [9.17, 15) is 19.2 Å². The molecule has 68 heavy (non-hydrogen) atoms. The number of nitrogens with zero attached hydrogens (tertiary/aromatic N) is 11. The first-order valence-corrected chi connectivity index (χ1v) is 24.5. The third-order valence-corrected chi connectivity index (χ3v) is 14.8. The van der Waals surface area contributed by atoms with E-state index in [0.717, 1.165) is 121 Å². The van der Waals surface area contributed by atoms with Crippen LogP contribution in [0.1, 0.15) is 121 Å². The number of rotatable bonds is 13. The standard InChI is InChI=1S/C50H62N14O4/c1-30-39-28-52-50(57-46(39)64(35-7-5-6-8-35)49(68)44(30)31(2)65)56-41-18-15-36(27-51-41)61-23-25-62(26-24-61)37-21-22-63(29-37)48(67)33-11-13-34(14-12-33)53-45-38(16-17-40(54-45)32-9-10-32)47(66)55-42-19-20-43(59-58-42)60(3)4/h15-20,27-28,32-35,37H,5-14,21-26,29H2,1-4H3,(H,53,54)(H,55,58,66)(H,51,52,56,57). The normalized spacial score (nSPS) is 21.3. The van der Waals surface area contributed by atoms with E-state index < -0.39 is 0 Å². The Kier molecular flexibility index (Phi) is 12.8. The summed E-state index contributed by atoms with van der Waals surface area (Å²) >= 11 is 0. The molecule has 18 heteroatoms. The molecule has 5 aromatic rings. The lowest BCUT2D eigenvalue weighted by Gasteiger charge is -2.39. The molecule has 5 aromatic heterocycles. The Morgan fingerprint density at radius 2 is 1.53 bits per heavy atom. The number of piperazine rings is 1. The SMILES string of the molecule is CC(=O)c1c(C)c2cnc(Nc3ccc(N4CCN(C5CCN(C(=O)C6CCC(Nc7nc(C8CC8)ccc7C(=O)Nc7ccc(N(C)C)nn7)CC6)C5)CC4)cn3)nc2n(C2CCCC2)c1=O. The molecule has 2 aliphatic heterocycles. The number of hydrogen-bond donors (Lipinski definition) is 3. The fraction of sp³-hybridized carbons (Fsp3) is 0.520. The van der Waals surface area contributed by atoms with Crippen molar-refractivity contribution >= 4 is 63.5 Å². The average Bonchev–Trinajstić information content (AvgIpc) is 3.82. The lowest BCUT2D eigenvalue weighted by atomic mass is 9.85. The van der Waals surface area contributed by atoms with Gasteiger partial charge in [-0.05, 0) is 114 Å². The van der Waals surface area contributed by atoms with Crippen LogP contribution in [0.3, 0.4) is 0 Å². The van der Waals surface area contributed by atoms with Crippen molar-refractivity contribution in [3.63, 3.8) is 0 Å². The molecule has 5 fully saturated rings. The number of fused-ring (bicyclic) bond motifs is 1. The fourth-order valence-electron chi connectivity index (χ4n) is 10.8. The minimum Gasteiger partial charge on any atom is -0.368 e. The molecule has 7 heterocycles. The molecule has 0 spiro atoms. The van der Waals surface area contributed by atoms with Gasteiger partial charge in [-0.2, -0.15) is 4.98 Å². The number of hydrogen-bond acceptors (Lipinski definition) is 15. The minimum absolute atomic E-state index is 0.00257. The zero-order chi connectivity index (χ0) is 47.1. The van der Waals surface area contributed by atoms with E-state index in [-0.39, 0.29) is 46.7 Å². The highest BCUT2D eigenvalue weighted by atomic mass is 16.2.